The molecule has 17 heavy (non-hydrogen) atoms. The van der Waals surface area contributed by atoms with Crippen LogP contribution in [0.5, 0.6) is 0 Å². The van der Waals surface area contributed by atoms with Crippen LogP contribution >= 0.6 is 23.2 Å². The normalized spacial score (nSPS) is 17.1. The zero-order valence-corrected chi connectivity index (χ0v) is 11.1. The van der Waals surface area contributed by atoms with Crippen LogP contribution in [0.3, 0.4) is 0 Å². The maximum atomic E-state index is 12.0. The third kappa shape index (κ3) is 3.44. The highest BCUT2D eigenvalue weighted by atomic mass is 35.5. The summed E-state index contributed by atoms with van der Waals surface area (Å²) in [5.41, 5.74) is 0.643. The first kappa shape index (κ1) is 12.9. The number of carbonyl (C=O) groups is 1. The fourth-order valence-electron chi connectivity index (χ4n) is 2.08. The minimum absolute atomic E-state index is 0.116. The van der Waals surface area contributed by atoms with E-state index in [1.807, 2.05) is 0 Å². The predicted octanol–water partition coefficient (Wildman–Crippen LogP) is 3.66. The summed E-state index contributed by atoms with van der Waals surface area (Å²) in [7, 11) is 0. The van der Waals surface area contributed by atoms with Gasteiger partial charge in [-0.1, -0.05) is 29.6 Å². The summed E-state index contributed by atoms with van der Waals surface area (Å²) >= 11 is 11.7. The lowest BCUT2D eigenvalue weighted by atomic mass is 10.1. The molecule has 0 N–H and O–H groups in total. The Morgan fingerprint density at radius 2 is 1.82 bits per heavy atom. The quantitative estimate of drug-likeness (QED) is 0.782. The first-order chi connectivity index (χ1) is 8.16. The molecule has 0 amide bonds. The Bertz CT molecular complexity index is 414. The molecule has 0 saturated carbocycles. The molecule has 1 fully saturated rings. The zero-order valence-electron chi connectivity index (χ0n) is 9.59. The van der Waals surface area contributed by atoms with Crippen molar-refractivity contribution in [3.8, 4) is 0 Å². The SMILES string of the molecule is O=C(CN1CCCCC1)c1ccc(Cl)c(Cl)c1. The van der Waals surface area contributed by atoms with E-state index in [9.17, 15) is 4.79 Å². The van der Waals surface area contributed by atoms with Gasteiger partial charge in [0.15, 0.2) is 5.78 Å². The third-order valence-electron chi connectivity index (χ3n) is 3.06. The van der Waals surface area contributed by atoms with Crippen LogP contribution in [0.2, 0.25) is 10.0 Å². The molecule has 0 aliphatic carbocycles. The molecule has 0 bridgehead atoms. The third-order valence-corrected chi connectivity index (χ3v) is 3.80. The van der Waals surface area contributed by atoms with Gasteiger partial charge in [0, 0.05) is 5.56 Å². The molecule has 0 spiro atoms. The second-order valence-corrected chi connectivity index (χ2v) is 5.20. The first-order valence-corrected chi connectivity index (χ1v) is 6.63. The van der Waals surface area contributed by atoms with Gasteiger partial charge in [-0.25, -0.2) is 0 Å². The molecule has 1 aromatic carbocycles. The molecule has 1 aliphatic heterocycles. The zero-order chi connectivity index (χ0) is 12.3. The van der Waals surface area contributed by atoms with Crippen LogP contribution in [0, 0.1) is 0 Å². The summed E-state index contributed by atoms with van der Waals surface area (Å²) in [5, 5.41) is 0.928. The molecular weight excluding hydrogens is 257 g/mol. The van der Waals surface area contributed by atoms with Crippen molar-refractivity contribution in [2.45, 2.75) is 19.3 Å². The molecule has 1 aliphatic rings. The molecule has 2 rings (SSSR count). The Hall–Kier alpha value is -0.570. The van der Waals surface area contributed by atoms with E-state index in [4.69, 9.17) is 23.2 Å². The minimum atomic E-state index is 0.116. The summed E-state index contributed by atoms with van der Waals surface area (Å²) in [6, 6.07) is 5.06. The summed E-state index contributed by atoms with van der Waals surface area (Å²) in [5.74, 6) is 0.116. The number of hydrogen-bond acceptors (Lipinski definition) is 2. The fourth-order valence-corrected chi connectivity index (χ4v) is 2.38. The molecule has 0 atom stereocenters. The maximum absolute atomic E-state index is 12.0. The van der Waals surface area contributed by atoms with E-state index < -0.39 is 0 Å². The van der Waals surface area contributed by atoms with Crippen molar-refractivity contribution in [2.75, 3.05) is 19.6 Å². The number of rotatable bonds is 3. The van der Waals surface area contributed by atoms with Crippen molar-refractivity contribution in [3.05, 3.63) is 33.8 Å². The lowest BCUT2D eigenvalue weighted by molar-refractivity contribution is 0.0915. The summed E-state index contributed by atoms with van der Waals surface area (Å²) < 4.78 is 0. The van der Waals surface area contributed by atoms with Gasteiger partial charge in [-0.05, 0) is 44.1 Å². The van der Waals surface area contributed by atoms with Crippen molar-refractivity contribution in [3.63, 3.8) is 0 Å². The summed E-state index contributed by atoms with van der Waals surface area (Å²) in [4.78, 5) is 14.2. The van der Waals surface area contributed by atoms with Gasteiger partial charge >= 0.3 is 0 Å². The van der Waals surface area contributed by atoms with Gasteiger partial charge in [-0.3, -0.25) is 9.69 Å². The highest BCUT2D eigenvalue weighted by molar-refractivity contribution is 6.42. The average molecular weight is 272 g/mol. The van der Waals surface area contributed by atoms with Crippen LogP contribution in [-0.2, 0) is 0 Å². The Kier molecular flexibility index (Phi) is 4.43. The topological polar surface area (TPSA) is 20.3 Å². The number of halogens is 2. The Morgan fingerprint density at radius 1 is 1.12 bits per heavy atom. The van der Waals surface area contributed by atoms with Gasteiger partial charge < -0.3 is 0 Å². The number of Topliss-reactive ketones (excluding diaryl/α,β-unsaturated/α-hetero) is 1. The molecule has 0 radical (unpaired) electrons. The van der Waals surface area contributed by atoms with Crippen LogP contribution in [0.4, 0.5) is 0 Å². The Balaban J connectivity index is 2.01. The van der Waals surface area contributed by atoms with Gasteiger partial charge in [0.2, 0.25) is 0 Å². The average Bonchev–Trinajstić information content (AvgIpc) is 2.34. The largest absolute Gasteiger partial charge is 0.296 e. The molecular formula is C13H15Cl2NO. The highest BCUT2D eigenvalue weighted by Gasteiger charge is 2.15. The van der Waals surface area contributed by atoms with Crippen LogP contribution < -0.4 is 0 Å². The predicted molar refractivity (Wildman–Crippen MR) is 71.1 cm³/mol. The van der Waals surface area contributed by atoms with E-state index in [0.717, 1.165) is 13.1 Å². The van der Waals surface area contributed by atoms with Crippen molar-refractivity contribution < 1.29 is 4.79 Å². The van der Waals surface area contributed by atoms with Crippen molar-refractivity contribution >= 4 is 29.0 Å². The molecule has 1 aromatic rings. The van der Waals surface area contributed by atoms with Crippen molar-refractivity contribution in [1.82, 2.24) is 4.90 Å². The number of ketones is 1. The van der Waals surface area contributed by atoms with Crippen LogP contribution in [0.25, 0.3) is 0 Å². The van der Waals surface area contributed by atoms with Crippen LogP contribution in [0.15, 0.2) is 18.2 Å². The number of carbonyl (C=O) groups excluding carboxylic acids is 1. The lowest BCUT2D eigenvalue weighted by Gasteiger charge is -2.25. The lowest BCUT2D eigenvalue weighted by Crippen LogP contribution is -2.34. The van der Waals surface area contributed by atoms with Crippen molar-refractivity contribution in [1.29, 1.82) is 0 Å². The van der Waals surface area contributed by atoms with E-state index in [-0.39, 0.29) is 5.78 Å². The summed E-state index contributed by atoms with van der Waals surface area (Å²) in [6.45, 7) is 2.53. The van der Waals surface area contributed by atoms with Gasteiger partial charge in [0.05, 0.1) is 16.6 Å². The van der Waals surface area contributed by atoms with E-state index in [0.29, 0.717) is 22.2 Å². The van der Waals surface area contributed by atoms with Gasteiger partial charge in [0.25, 0.3) is 0 Å². The van der Waals surface area contributed by atoms with Gasteiger partial charge in [-0.2, -0.15) is 0 Å². The number of nitrogens with zero attached hydrogens (tertiary/aromatic N) is 1. The molecule has 1 heterocycles. The van der Waals surface area contributed by atoms with Crippen LogP contribution in [-0.4, -0.2) is 30.3 Å². The number of benzene rings is 1. The van der Waals surface area contributed by atoms with Crippen molar-refractivity contribution in [2.24, 2.45) is 0 Å². The van der Waals surface area contributed by atoms with Gasteiger partial charge in [-0.15, -0.1) is 0 Å². The highest BCUT2D eigenvalue weighted by Crippen LogP contribution is 2.23. The second kappa shape index (κ2) is 5.85. The fraction of sp³-hybridized carbons (Fsp3) is 0.462. The molecule has 1 saturated heterocycles. The second-order valence-electron chi connectivity index (χ2n) is 4.39. The smallest absolute Gasteiger partial charge is 0.176 e. The van der Waals surface area contributed by atoms with E-state index in [1.165, 1.54) is 19.3 Å². The number of piperidine rings is 1. The minimum Gasteiger partial charge on any atom is -0.296 e. The summed E-state index contributed by atoms with van der Waals surface area (Å²) in [6.07, 6.45) is 3.65. The monoisotopic (exact) mass is 271 g/mol. The molecule has 4 heteroatoms. The van der Waals surface area contributed by atoms with Crippen LogP contribution in [0.1, 0.15) is 29.6 Å². The maximum Gasteiger partial charge on any atom is 0.176 e. The van der Waals surface area contributed by atoms with E-state index in [2.05, 4.69) is 4.90 Å². The van der Waals surface area contributed by atoms with Gasteiger partial charge in [0.1, 0.15) is 0 Å². The Morgan fingerprint density at radius 3 is 2.47 bits per heavy atom. The van der Waals surface area contributed by atoms with E-state index >= 15 is 0 Å². The molecule has 0 aromatic heterocycles. The van der Waals surface area contributed by atoms with E-state index in [1.54, 1.807) is 18.2 Å². The molecule has 2 nitrogen and oxygen atoms in total. The standard InChI is InChI=1S/C13H15Cl2NO/c14-11-5-4-10(8-12(11)15)13(17)9-16-6-2-1-3-7-16/h4-5,8H,1-3,6-7,9H2. The number of hydrogen-bond donors (Lipinski definition) is 0. The Labute approximate surface area is 112 Å². The molecule has 92 valence electrons. The number of likely N-dealkylation sites (tertiary alicyclic amines) is 1. The molecule has 0 unspecified atom stereocenters. The first-order valence-electron chi connectivity index (χ1n) is 5.87.